The van der Waals surface area contributed by atoms with Crippen molar-refractivity contribution in [1.82, 2.24) is 9.29 Å². The molecular formula is C19H18IN3O3S3. The number of amides is 1. The third-order valence-electron chi connectivity index (χ3n) is 4.69. The van der Waals surface area contributed by atoms with Crippen molar-refractivity contribution >= 4 is 66.3 Å². The lowest BCUT2D eigenvalue weighted by Crippen LogP contribution is -2.49. The van der Waals surface area contributed by atoms with Gasteiger partial charge in [-0.2, -0.15) is 4.31 Å². The van der Waals surface area contributed by atoms with Gasteiger partial charge in [0, 0.05) is 21.1 Å². The Bertz CT molecular complexity index is 1100. The summed E-state index contributed by atoms with van der Waals surface area (Å²) in [4.78, 5) is 17.4. The number of carbonyl (C=O) groups excluding carboxylic acids is 1. The van der Waals surface area contributed by atoms with Crippen LogP contribution in [0.4, 0.5) is 5.13 Å². The number of hydrogen-bond acceptors (Lipinski definition) is 6. The molecule has 152 valence electrons. The predicted molar refractivity (Wildman–Crippen MR) is 125 cm³/mol. The van der Waals surface area contributed by atoms with Crippen LogP contribution >= 0.6 is 45.3 Å². The van der Waals surface area contributed by atoms with E-state index in [1.165, 1.54) is 27.0 Å². The number of anilines is 1. The second-order valence-corrected chi connectivity index (χ2v) is 11.8. The maximum atomic E-state index is 13.0. The van der Waals surface area contributed by atoms with Gasteiger partial charge in [0.25, 0.3) is 10.0 Å². The number of nitrogens with one attached hydrogen (secondary N) is 1. The highest BCUT2D eigenvalue weighted by atomic mass is 127. The summed E-state index contributed by atoms with van der Waals surface area (Å²) in [6.07, 6.45) is 2.08. The summed E-state index contributed by atoms with van der Waals surface area (Å²) in [6, 6.07) is 10.5. The van der Waals surface area contributed by atoms with Crippen molar-refractivity contribution in [3.05, 3.63) is 50.7 Å². The Labute approximate surface area is 191 Å². The first kappa shape index (κ1) is 20.9. The summed E-state index contributed by atoms with van der Waals surface area (Å²) in [5.74, 6) is -0.326. The van der Waals surface area contributed by atoms with Crippen LogP contribution in [-0.2, 0) is 14.8 Å². The zero-order chi connectivity index (χ0) is 20.4. The average molecular weight is 559 g/mol. The van der Waals surface area contributed by atoms with Crippen molar-refractivity contribution in [2.45, 2.75) is 29.5 Å². The first-order chi connectivity index (χ1) is 13.9. The van der Waals surface area contributed by atoms with E-state index in [1.807, 2.05) is 29.6 Å². The third-order valence-corrected chi connectivity index (χ3v) is 9.45. The average Bonchev–Trinajstić information content (AvgIpc) is 3.41. The molecule has 0 radical (unpaired) electrons. The molecule has 1 aliphatic heterocycles. The molecule has 3 aromatic rings. The fraction of sp³-hybridized carbons (Fsp3) is 0.263. The van der Waals surface area contributed by atoms with E-state index in [1.54, 1.807) is 17.5 Å². The van der Waals surface area contributed by atoms with E-state index in [2.05, 4.69) is 32.9 Å². The second-order valence-electron chi connectivity index (χ2n) is 6.59. The quantitative estimate of drug-likeness (QED) is 0.462. The molecule has 1 amide bonds. The molecule has 0 saturated carbocycles. The Kier molecular flexibility index (Phi) is 6.35. The fourth-order valence-corrected chi connectivity index (χ4v) is 7.11. The smallest absolute Gasteiger partial charge is 0.253 e. The summed E-state index contributed by atoms with van der Waals surface area (Å²) >= 11 is 4.75. The maximum Gasteiger partial charge on any atom is 0.253 e. The van der Waals surface area contributed by atoms with Gasteiger partial charge in [-0.05, 0) is 59.0 Å². The van der Waals surface area contributed by atoms with Crippen LogP contribution < -0.4 is 5.32 Å². The summed E-state index contributed by atoms with van der Waals surface area (Å²) in [7, 11) is -3.67. The van der Waals surface area contributed by atoms with Crippen LogP contribution in [-0.4, -0.2) is 36.2 Å². The van der Waals surface area contributed by atoms with E-state index in [4.69, 9.17) is 0 Å². The molecule has 4 rings (SSSR count). The van der Waals surface area contributed by atoms with Gasteiger partial charge in [-0.15, -0.1) is 22.7 Å². The molecular weight excluding hydrogens is 541 g/mol. The first-order valence-corrected chi connectivity index (χ1v) is 13.3. The van der Waals surface area contributed by atoms with Crippen molar-refractivity contribution in [2.24, 2.45) is 0 Å². The maximum absolute atomic E-state index is 13.0. The summed E-state index contributed by atoms with van der Waals surface area (Å²) in [6.45, 7) is 0.351. The molecule has 29 heavy (non-hydrogen) atoms. The SMILES string of the molecule is O=C(Nc1nc(-c2ccc(I)cc2)cs1)C1CCCCN1S(=O)(=O)c1cccs1. The van der Waals surface area contributed by atoms with Crippen LogP contribution in [0.5, 0.6) is 0 Å². The molecule has 3 heterocycles. The zero-order valence-corrected chi connectivity index (χ0v) is 19.9. The van der Waals surface area contributed by atoms with Crippen LogP contribution in [0.15, 0.2) is 51.4 Å². The standard InChI is InChI=1S/C19H18IN3O3S3/c20-14-8-6-13(7-9-14)15-12-28-19(21-15)22-18(24)16-4-1-2-10-23(16)29(25,26)17-5-3-11-27-17/h3,5-9,11-12,16H,1-2,4,10H2,(H,21,22,24). The molecule has 10 heteroatoms. The second kappa shape index (κ2) is 8.80. The van der Waals surface area contributed by atoms with Gasteiger partial charge in [-0.25, -0.2) is 13.4 Å². The van der Waals surface area contributed by atoms with Gasteiger partial charge >= 0.3 is 0 Å². The number of carbonyl (C=O) groups is 1. The van der Waals surface area contributed by atoms with Crippen molar-refractivity contribution in [3.63, 3.8) is 0 Å². The fourth-order valence-electron chi connectivity index (χ4n) is 3.25. The van der Waals surface area contributed by atoms with Crippen molar-refractivity contribution in [1.29, 1.82) is 0 Å². The number of thiazole rings is 1. The molecule has 0 spiro atoms. The lowest BCUT2D eigenvalue weighted by molar-refractivity contribution is -0.120. The summed E-state index contributed by atoms with van der Waals surface area (Å²) in [5.41, 5.74) is 1.76. The number of thiophene rings is 1. The van der Waals surface area contributed by atoms with Gasteiger partial charge in [0.05, 0.1) is 5.69 Å². The number of aromatic nitrogens is 1. The predicted octanol–water partition coefficient (Wildman–Crippen LogP) is 4.66. The lowest BCUT2D eigenvalue weighted by atomic mass is 10.0. The van der Waals surface area contributed by atoms with Crippen LogP contribution in [0, 0.1) is 3.57 Å². The van der Waals surface area contributed by atoms with E-state index in [9.17, 15) is 13.2 Å². The molecule has 1 aliphatic rings. The molecule has 0 bridgehead atoms. The number of benzene rings is 1. The topological polar surface area (TPSA) is 79.4 Å². The van der Waals surface area contributed by atoms with Gasteiger partial charge in [-0.1, -0.05) is 24.6 Å². The van der Waals surface area contributed by atoms with E-state index >= 15 is 0 Å². The Balaban J connectivity index is 1.52. The van der Waals surface area contributed by atoms with Crippen LogP contribution in [0.1, 0.15) is 19.3 Å². The molecule has 1 N–H and O–H groups in total. The largest absolute Gasteiger partial charge is 0.301 e. The Morgan fingerprint density at radius 2 is 1.97 bits per heavy atom. The summed E-state index contributed by atoms with van der Waals surface area (Å²) < 4.78 is 28.7. The normalized spacial score (nSPS) is 17.9. The molecule has 6 nitrogen and oxygen atoms in total. The lowest BCUT2D eigenvalue weighted by Gasteiger charge is -2.32. The number of nitrogens with zero attached hydrogens (tertiary/aromatic N) is 2. The first-order valence-electron chi connectivity index (χ1n) is 9.03. The minimum absolute atomic E-state index is 0.271. The van der Waals surface area contributed by atoms with Gasteiger partial charge in [0.15, 0.2) is 5.13 Å². The van der Waals surface area contributed by atoms with E-state index in [-0.39, 0.29) is 10.1 Å². The monoisotopic (exact) mass is 559 g/mol. The van der Waals surface area contributed by atoms with Crippen LogP contribution in [0.25, 0.3) is 11.3 Å². The van der Waals surface area contributed by atoms with Crippen LogP contribution in [0.2, 0.25) is 0 Å². The Morgan fingerprint density at radius 1 is 1.17 bits per heavy atom. The molecule has 1 saturated heterocycles. The highest BCUT2D eigenvalue weighted by Crippen LogP contribution is 2.30. The summed E-state index contributed by atoms with van der Waals surface area (Å²) in [5, 5.41) is 6.92. The Hall–Kier alpha value is -1.34. The van der Waals surface area contributed by atoms with Crippen molar-refractivity contribution in [3.8, 4) is 11.3 Å². The number of hydrogen-bond donors (Lipinski definition) is 1. The minimum atomic E-state index is -3.67. The number of halogens is 1. The number of rotatable bonds is 5. The van der Waals surface area contributed by atoms with Crippen molar-refractivity contribution < 1.29 is 13.2 Å². The molecule has 2 aromatic heterocycles. The molecule has 1 atom stereocenters. The molecule has 1 fully saturated rings. The van der Waals surface area contributed by atoms with E-state index in [0.717, 1.165) is 27.7 Å². The van der Waals surface area contributed by atoms with Gasteiger partial charge in [-0.3, -0.25) is 4.79 Å². The molecule has 0 aliphatic carbocycles. The molecule has 1 aromatic carbocycles. The number of piperidine rings is 1. The number of sulfonamides is 1. The molecule has 1 unspecified atom stereocenters. The van der Waals surface area contributed by atoms with Crippen LogP contribution in [0.3, 0.4) is 0 Å². The Morgan fingerprint density at radius 3 is 2.69 bits per heavy atom. The van der Waals surface area contributed by atoms with Gasteiger partial charge in [0.1, 0.15) is 10.3 Å². The van der Waals surface area contributed by atoms with Gasteiger partial charge < -0.3 is 5.32 Å². The minimum Gasteiger partial charge on any atom is -0.301 e. The zero-order valence-electron chi connectivity index (χ0n) is 15.2. The van der Waals surface area contributed by atoms with Crippen molar-refractivity contribution in [2.75, 3.05) is 11.9 Å². The highest BCUT2D eigenvalue weighted by Gasteiger charge is 2.38. The highest BCUT2D eigenvalue weighted by molar-refractivity contribution is 14.1. The van der Waals surface area contributed by atoms with E-state index in [0.29, 0.717) is 18.1 Å². The third kappa shape index (κ3) is 4.55. The van der Waals surface area contributed by atoms with E-state index < -0.39 is 16.1 Å². The van der Waals surface area contributed by atoms with Gasteiger partial charge in [0.2, 0.25) is 5.91 Å².